The molecular formula is C13H19NO5S. The summed E-state index contributed by atoms with van der Waals surface area (Å²) < 4.78 is 27.2. The highest BCUT2D eigenvalue weighted by Gasteiger charge is 2.25. The predicted molar refractivity (Wildman–Crippen MR) is 72.4 cm³/mol. The van der Waals surface area contributed by atoms with Crippen molar-refractivity contribution in [2.75, 3.05) is 12.4 Å². The van der Waals surface area contributed by atoms with Gasteiger partial charge in [0.15, 0.2) is 16.4 Å². The summed E-state index contributed by atoms with van der Waals surface area (Å²) in [5.41, 5.74) is 0. The van der Waals surface area contributed by atoms with Crippen molar-refractivity contribution in [2.45, 2.75) is 38.1 Å². The maximum Gasteiger partial charge on any atom is 0.306 e. The molecule has 6 nitrogen and oxygen atoms in total. The van der Waals surface area contributed by atoms with Crippen molar-refractivity contribution in [3.05, 3.63) is 11.5 Å². The van der Waals surface area contributed by atoms with Gasteiger partial charge in [0.2, 0.25) is 0 Å². The summed E-state index contributed by atoms with van der Waals surface area (Å²) in [5, 5.41) is 3.94. The van der Waals surface area contributed by atoms with Gasteiger partial charge in [-0.2, -0.15) is 0 Å². The molecule has 1 heterocycles. The fraction of sp³-hybridized carbons (Fsp3) is 0.692. The number of hydrogen-bond donors (Lipinski definition) is 1. The molecular weight excluding hydrogens is 282 g/mol. The number of ether oxygens (including phenoxy) is 1. The number of allylic oxidation sites excluding steroid dienone is 1. The number of esters is 1. The van der Waals surface area contributed by atoms with Gasteiger partial charge in [-0.05, 0) is 12.8 Å². The molecule has 0 spiro atoms. The van der Waals surface area contributed by atoms with E-state index in [2.05, 4.69) is 5.32 Å². The fourth-order valence-electron chi connectivity index (χ4n) is 2.53. The van der Waals surface area contributed by atoms with Gasteiger partial charge in [0.25, 0.3) is 5.91 Å². The van der Waals surface area contributed by atoms with Crippen molar-refractivity contribution in [1.82, 2.24) is 5.32 Å². The zero-order valence-electron chi connectivity index (χ0n) is 11.2. The predicted octanol–water partition coefficient (Wildman–Crippen LogP) is 0.537. The smallest absolute Gasteiger partial charge is 0.306 e. The van der Waals surface area contributed by atoms with Crippen molar-refractivity contribution < 1.29 is 22.7 Å². The minimum atomic E-state index is -3.16. The van der Waals surface area contributed by atoms with Crippen LogP contribution >= 0.6 is 0 Å². The Labute approximate surface area is 118 Å². The van der Waals surface area contributed by atoms with Gasteiger partial charge in [-0.15, -0.1) is 0 Å². The molecule has 1 fully saturated rings. The van der Waals surface area contributed by atoms with Gasteiger partial charge >= 0.3 is 5.97 Å². The Morgan fingerprint density at radius 2 is 1.95 bits per heavy atom. The van der Waals surface area contributed by atoms with Gasteiger partial charge in [-0.1, -0.05) is 18.9 Å². The average Bonchev–Trinajstić information content (AvgIpc) is 2.97. The number of hydrogen-bond acceptors (Lipinski definition) is 5. The third-order valence-corrected chi connectivity index (χ3v) is 4.98. The number of carbonyl (C=O) groups is 2. The molecule has 1 unspecified atom stereocenters. The summed E-state index contributed by atoms with van der Waals surface area (Å²) in [7, 11) is -3.16. The van der Waals surface area contributed by atoms with Gasteiger partial charge in [0.1, 0.15) is 0 Å². The Bertz CT molecular complexity index is 505. The first-order valence-electron chi connectivity index (χ1n) is 6.80. The van der Waals surface area contributed by atoms with Crippen LogP contribution in [-0.2, 0) is 24.2 Å². The Kier molecular flexibility index (Phi) is 4.80. The van der Waals surface area contributed by atoms with Crippen LogP contribution in [0.2, 0.25) is 0 Å². The zero-order chi connectivity index (χ0) is 14.6. The summed E-state index contributed by atoms with van der Waals surface area (Å²) in [6.45, 7) is -0.293. The second kappa shape index (κ2) is 6.39. The Balaban J connectivity index is 1.65. The lowest BCUT2D eigenvalue weighted by molar-refractivity contribution is -0.149. The summed E-state index contributed by atoms with van der Waals surface area (Å²) in [5.74, 6) is -1.24. The third kappa shape index (κ3) is 4.63. The molecule has 1 atom stereocenters. The normalized spacial score (nSPS) is 24.7. The van der Waals surface area contributed by atoms with Crippen LogP contribution in [0.1, 0.15) is 32.1 Å². The standard InChI is InChI=1S/C13H19NO5S/c15-12(14-11-3-1-2-4-11)8-19-13(16)7-10-5-6-20(17,18)9-10/h5-6,10-11H,1-4,7-9H2,(H,14,15). The molecule has 1 aliphatic carbocycles. The van der Waals surface area contributed by atoms with E-state index >= 15 is 0 Å². The largest absolute Gasteiger partial charge is 0.456 e. The van der Waals surface area contributed by atoms with Crippen LogP contribution in [-0.4, -0.2) is 38.7 Å². The number of sulfone groups is 1. The van der Waals surface area contributed by atoms with E-state index in [1.165, 1.54) is 6.08 Å². The van der Waals surface area contributed by atoms with Crippen molar-refractivity contribution in [3.63, 3.8) is 0 Å². The summed E-state index contributed by atoms with van der Waals surface area (Å²) in [4.78, 5) is 23.1. The third-order valence-electron chi connectivity index (χ3n) is 3.52. The minimum absolute atomic E-state index is 0.00750. The van der Waals surface area contributed by atoms with Crippen LogP contribution in [0.5, 0.6) is 0 Å². The van der Waals surface area contributed by atoms with E-state index in [9.17, 15) is 18.0 Å². The quantitative estimate of drug-likeness (QED) is 0.748. The number of carbonyl (C=O) groups excluding carboxylic acids is 2. The van der Waals surface area contributed by atoms with E-state index in [1.807, 2.05) is 0 Å². The van der Waals surface area contributed by atoms with Gasteiger partial charge in [0, 0.05) is 17.4 Å². The minimum Gasteiger partial charge on any atom is -0.456 e. The number of rotatable bonds is 5. The molecule has 0 bridgehead atoms. The molecule has 1 saturated carbocycles. The van der Waals surface area contributed by atoms with Gasteiger partial charge in [0.05, 0.1) is 12.2 Å². The Morgan fingerprint density at radius 3 is 2.55 bits per heavy atom. The van der Waals surface area contributed by atoms with E-state index < -0.39 is 15.8 Å². The van der Waals surface area contributed by atoms with Crippen molar-refractivity contribution in [3.8, 4) is 0 Å². The highest BCUT2D eigenvalue weighted by atomic mass is 32.2. The molecule has 2 aliphatic rings. The SMILES string of the molecule is O=C(COC(=O)CC1C=CS(=O)(=O)C1)NC1CCCC1. The highest BCUT2D eigenvalue weighted by Crippen LogP contribution is 2.19. The fourth-order valence-corrected chi connectivity index (χ4v) is 3.92. The van der Waals surface area contributed by atoms with Crippen LogP contribution in [0, 0.1) is 5.92 Å². The maximum atomic E-state index is 11.5. The molecule has 7 heteroatoms. The molecule has 0 saturated heterocycles. The second-order valence-corrected chi connectivity index (χ2v) is 7.26. The van der Waals surface area contributed by atoms with Crippen LogP contribution in [0.3, 0.4) is 0 Å². The van der Waals surface area contributed by atoms with Gasteiger partial charge < -0.3 is 10.1 Å². The molecule has 0 aromatic heterocycles. The molecule has 112 valence electrons. The van der Waals surface area contributed by atoms with Crippen LogP contribution in [0.15, 0.2) is 11.5 Å². The summed E-state index contributed by atoms with van der Waals surface area (Å²) in [6.07, 6.45) is 5.68. The van der Waals surface area contributed by atoms with Crippen molar-refractivity contribution >= 4 is 21.7 Å². The first-order chi connectivity index (χ1) is 9.44. The first-order valence-corrected chi connectivity index (χ1v) is 8.52. The molecule has 20 heavy (non-hydrogen) atoms. The second-order valence-electron chi connectivity index (χ2n) is 5.33. The topological polar surface area (TPSA) is 89.5 Å². The molecule has 2 rings (SSSR count). The first kappa shape index (κ1) is 15.0. The van der Waals surface area contributed by atoms with Crippen LogP contribution < -0.4 is 5.32 Å². The van der Waals surface area contributed by atoms with E-state index in [-0.39, 0.29) is 36.6 Å². The highest BCUT2D eigenvalue weighted by molar-refractivity contribution is 7.94. The van der Waals surface area contributed by atoms with E-state index in [0.29, 0.717) is 0 Å². The van der Waals surface area contributed by atoms with Crippen molar-refractivity contribution in [2.24, 2.45) is 5.92 Å². The van der Waals surface area contributed by atoms with E-state index in [0.717, 1.165) is 31.1 Å². The molecule has 0 aromatic carbocycles. The summed E-state index contributed by atoms with van der Waals surface area (Å²) in [6, 6.07) is 0.198. The van der Waals surface area contributed by atoms with E-state index in [4.69, 9.17) is 4.74 Å². The van der Waals surface area contributed by atoms with Crippen LogP contribution in [0.25, 0.3) is 0 Å². The summed E-state index contributed by atoms with van der Waals surface area (Å²) >= 11 is 0. The van der Waals surface area contributed by atoms with Crippen molar-refractivity contribution in [1.29, 1.82) is 0 Å². The monoisotopic (exact) mass is 301 g/mol. The van der Waals surface area contributed by atoms with Crippen LogP contribution in [0.4, 0.5) is 0 Å². The zero-order valence-corrected chi connectivity index (χ0v) is 12.0. The molecule has 0 aromatic rings. The number of amides is 1. The maximum absolute atomic E-state index is 11.5. The lowest BCUT2D eigenvalue weighted by atomic mass is 10.1. The van der Waals surface area contributed by atoms with E-state index in [1.54, 1.807) is 0 Å². The Morgan fingerprint density at radius 1 is 1.25 bits per heavy atom. The Hall–Kier alpha value is -1.37. The molecule has 1 amide bonds. The van der Waals surface area contributed by atoms with Gasteiger partial charge in [-0.25, -0.2) is 8.42 Å². The lowest BCUT2D eigenvalue weighted by Gasteiger charge is -2.12. The molecule has 1 N–H and O–H groups in total. The lowest BCUT2D eigenvalue weighted by Crippen LogP contribution is -2.36. The molecule has 0 radical (unpaired) electrons. The van der Waals surface area contributed by atoms with Gasteiger partial charge in [-0.3, -0.25) is 9.59 Å². The number of nitrogens with one attached hydrogen (secondary N) is 1. The molecule has 1 aliphatic heterocycles. The average molecular weight is 301 g/mol.